The van der Waals surface area contributed by atoms with Gasteiger partial charge in [0, 0.05) is 5.56 Å². The summed E-state index contributed by atoms with van der Waals surface area (Å²) in [5.74, 6) is 2.19. The maximum atomic E-state index is 5.90. The molecule has 0 unspecified atom stereocenters. The van der Waals surface area contributed by atoms with Crippen LogP contribution in [0.4, 0.5) is 0 Å². The highest BCUT2D eigenvalue weighted by molar-refractivity contribution is 7.71. The van der Waals surface area contributed by atoms with Gasteiger partial charge in [0.1, 0.15) is 11.5 Å². The Kier molecular flexibility index (Phi) is 5.82. The normalized spacial score (nSPS) is 11.7. The molecule has 6 heteroatoms. The van der Waals surface area contributed by atoms with E-state index >= 15 is 0 Å². The Hall–Kier alpha value is -3.51. The van der Waals surface area contributed by atoms with Crippen molar-refractivity contribution in [1.29, 1.82) is 0 Å². The van der Waals surface area contributed by atoms with Crippen molar-refractivity contribution < 1.29 is 4.74 Å². The molecule has 1 heterocycles. The molecule has 4 aromatic rings. The van der Waals surface area contributed by atoms with Gasteiger partial charge in [0.2, 0.25) is 4.77 Å². The first-order valence-electron chi connectivity index (χ1n) is 10.1. The van der Waals surface area contributed by atoms with Crippen LogP contribution in [0.5, 0.6) is 11.5 Å². The number of aromatic nitrogens is 3. The number of ether oxygens (including phenoxy) is 1. The molecule has 5 nitrogen and oxygen atoms in total. The fraction of sp³-hybridized carbons (Fsp3) is 0.160. The van der Waals surface area contributed by atoms with Crippen molar-refractivity contribution in [2.75, 3.05) is 0 Å². The van der Waals surface area contributed by atoms with Gasteiger partial charge in [-0.2, -0.15) is 14.9 Å². The minimum atomic E-state index is 0.0915. The average molecular weight is 429 g/mol. The average Bonchev–Trinajstić information content (AvgIpc) is 3.13. The maximum absolute atomic E-state index is 5.90. The molecule has 0 saturated heterocycles. The lowest BCUT2D eigenvalue weighted by atomic mass is 9.87. The smallest absolute Gasteiger partial charge is 0.216 e. The summed E-state index contributed by atoms with van der Waals surface area (Å²) < 4.78 is 7.97. The molecule has 31 heavy (non-hydrogen) atoms. The van der Waals surface area contributed by atoms with Crippen molar-refractivity contribution in [3.8, 4) is 22.9 Å². The predicted octanol–water partition coefficient (Wildman–Crippen LogP) is 6.58. The van der Waals surface area contributed by atoms with Crippen LogP contribution in [0.2, 0.25) is 0 Å². The molecule has 1 aromatic heterocycles. The highest BCUT2D eigenvalue weighted by Gasteiger charge is 2.14. The molecular formula is C25H24N4OS. The Morgan fingerprint density at radius 1 is 0.935 bits per heavy atom. The Labute approximate surface area is 187 Å². The molecular weight excluding hydrogens is 404 g/mol. The Morgan fingerprint density at radius 3 is 2.35 bits per heavy atom. The minimum Gasteiger partial charge on any atom is -0.457 e. The molecule has 0 amide bonds. The molecule has 0 bridgehead atoms. The van der Waals surface area contributed by atoms with Gasteiger partial charge in [0.05, 0.1) is 6.21 Å². The fourth-order valence-electron chi connectivity index (χ4n) is 3.11. The zero-order chi connectivity index (χ0) is 21.8. The number of nitrogens with zero attached hydrogens (tertiary/aromatic N) is 3. The lowest BCUT2D eigenvalue weighted by Gasteiger charge is -2.18. The molecule has 0 radical (unpaired) electrons. The van der Waals surface area contributed by atoms with Gasteiger partial charge >= 0.3 is 0 Å². The van der Waals surface area contributed by atoms with Gasteiger partial charge in [-0.05, 0) is 53.0 Å². The first-order valence-corrected chi connectivity index (χ1v) is 10.5. The molecule has 0 fully saturated rings. The topological polar surface area (TPSA) is 55.2 Å². The van der Waals surface area contributed by atoms with E-state index in [4.69, 9.17) is 17.0 Å². The van der Waals surface area contributed by atoms with Crippen LogP contribution < -0.4 is 4.74 Å². The SMILES string of the molecule is CC(C)(C)c1ccc(-c2n[nH]c(=S)n2N=Cc2cccc(Oc3ccccc3)c2)cc1. The summed E-state index contributed by atoms with van der Waals surface area (Å²) in [6, 6.07) is 25.7. The number of aromatic amines is 1. The van der Waals surface area contributed by atoms with E-state index in [0.29, 0.717) is 10.6 Å². The van der Waals surface area contributed by atoms with E-state index in [9.17, 15) is 0 Å². The van der Waals surface area contributed by atoms with Gasteiger partial charge in [-0.3, -0.25) is 0 Å². The molecule has 156 valence electrons. The molecule has 0 aliphatic rings. The summed E-state index contributed by atoms with van der Waals surface area (Å²) in [6.07, 6.45) is 1.75. The Bertz CT molecular complexity index is 1250. The number of hydrogen-bond donors (Lipinski definition) is 1. The van der Waals surface area contributed by atoms with E-state index in [0.717, 1.165) is 22.6 Å². The van der Waals surface area contributed by atoms with Crippen molar-refractivity contribution >= 4 is 18.4 Å². The first kappa shape index (κ1) is 20.8. The van der Waals surface area contributed by atoms with Gasteiger partial charge in [-0.25, -0.2) is 5.10 Å². The standard InChI is InChI=1S/C25H24N4OS/c1-25(2,3)20-14-12-19(13-15-20)23-27-28-24(31)29(23)26-17-18-8-7-11-22(16-18)30-21-9-5-4-6-10-21/h4-17H,1-3H3,(H,28,31). The van der Waals surface area contributed by atoms with Crippen LogP contribution >= 0.6 is 12.2 Å². The van der Waals surface area contributed by atoms with Crippen LogP contribution in [0.3, 0.4) is 0 Å². The van der Waals surface area contributed by atoms with E-state index in [-0.39, 0.29) is 5.41 Å². The summed E-state index contributed by atoms with van der Waals surface area (Å²) in [4.78, 5) is 0. The van der Waals surface area contributed by atoms with Gasteiger partial charge in [0.15, 0.2) is 5.82 Å². The molecule has 1 N–H and O–H groups in total. The molecule has 3 aromatic carbocycles. The molecule has 0 aliphatic heterocycles. The summed E-state index contributed by atoms with van der Waals surface area (Å²) >= 11 is 5.39. The van der Waals surface area contributed by atoms with Crippen LogP contribution in [0.1, 0.15) is 31.9 Å². The van der Waals surface area contributed by atoms with Gasteiger partial charge in [0.25, 0.3) is 0 Å². The lowest BCUT2D eigenvalue weighted by molar-refractivity contribution is 0.482. The molecule has 0 saturated carbocycles. The van der Waals surface area contributed by atoms with Gasteiger partial charge in [-0.1, -0.05) is 75.4 Å². The van der Waals surface area contributed by atoms with Gasteiger partial charge in [-0.15, -0.1) is 0 Å². The summed E-state index contributed by atoms with van der Waals surface area (Å²) in [5.41, 5.74) is 3.19. The van der Waals surface area contributed by atoms with Crippen molar-refractivity contribution in [1.82, 2.24) is 14.9 Å². The van der Waals surface area contributed by atoms with Crippen molar-refractivity contribution in [2.24, 2.45) is 5.10 Å². The van der Waals surface area contributed by atoms with E-state index in [1.807, 2.05) is 66.7 Å². The van der Waals surface area contributed by atoms with Crippen molar-refractivity contribution in [3.63, 3.8) is 0 Å². The van der Waals surface area contributed by atoms with Crippen LogP contribution in [0, 0.1) is 4.77 Å². The number of H-pyrrole nitrogens is 1. The van der Waals surface area contributed by atoms with E-state index in [1.54, 1.807) is 10.9 Å². The number of nitrogens with one attached hydrogen (secondary N) is 1. The monoisotopic (exact) mass is 428 g/mol. The number of para-hydroxylation sites is 1. The number of benzene rings is 3. The Balaban J connectivity index is 1.59. The predicted molar refractivity (Wildman–Crippen MR) is 127 cm³/mol. The summed E-state index contributed by atoms with van der Waals surface area (Å²) in [7, 11) is 0. The highest BCUT2D eigenvalue weighted by atomic mass is 32.1. The second kappa shape index (κ2) is 8.70. The zero-order valence-electron chi connectivity index (χ0n) is 17.7. The third kappa shape index (κ3) is 4.98. The lowest BCUT2D eigenvalue weighted by Crippen LogP contribution is -2.10. The van der Waals surface area contributed by atoms with Crippen LogP contribution in [-0.4, -0.2) is 21.1 Å². The fourth-order valence-corrected chi connectivity index (χ4v) is 3.29. The second-order valence-electron chi connectivity index (χ2n) is 8.22. The zero-order valence-corrected chi connectivity index (χ0v) is 18.6. The largest absolute Gasteiger partial charge is 0.457 e. The summed E-state index contributed by atoms with van der Waals surface area (Å²) in [5, 5.41) is 11.8. The van der Waals surface area contributed by atoms with E-state index < -0.39 is 0 Å². The third-order valence-electron chi connectivity index (χ3n) is 4.82. The maximum Gasteiger partial charge on any atom is 0.216 e. The minimum absolute atomic E-state index is 0.0915. The quantitative estimate of drug-likeness (QED) is 0.288. The molecule has 0 spiro atoms. The van der Waals surface area contributed by atoms with Crippen LogP contribution in [-0.2, 0) is 5.41 Å². The van der Waals surface area contributed by atoms with E-state index in [2.05, 4.69) is 48.2 Å². The van der Waals surface area contributed by atoms with Crippen molar-refractivity contribution in [2.45, 2.75) is 26.2 Å². The molecule has 4 rings (SSSR count). The third-order valence-corrected chi connectivity index (χ3v) is 5.08. The number of hydrogen-bond acceptors (Lipinski definition) is 4. The van der Waals surface area contributed by atoms with Crippen molar-refractivity contribution in [3.05, 3.63) is 94.8 Å². The summed E-state index contributed by atoms with van der Waals surface area (Å²) in [6.45, 7) is 6.58. The first-order chi connectivity index (χ1) is 14.9. The molecule has 0 atom stereocenters. The van der Waals surface area contributed by atoms with Gasteiger partial charge < -0.3 is 4.74 Å². The van der Waals surface area contributed by atoms with E-state index in [1.165, 1.54) is 5.56 Å². The second-order valence-corrected chi connectivity index (χ2v) is 8.61. The Morgan fingerprint density at radius 2 is 1.65 bits per heavy atom. The van der Waals surface area contributed by atoms with Crippen LogP contribution in [0.15, 0.2) is 84.0 Å². The highest BCUT2D eigenvalue weighted by Crippen LogP contribution is 2.26. The number of rotatable bonds is 5. The van der Waals surface area contributed by atoms with Crippen LogP contribution in [0.25, 0.3) is 11.4 Å². The molecule has 0 aliphatic carbocycles.